The summed E-state index contributed by atoms with van der Waals surface area (Å²) in [5.41, 5.74) is 2.14. The van der Waals surface area contributed by atoms with Crippen LogP contribution in [0.25, 0.3) is 0 Å². The van der Waals surface area contributed by atoms with Gasteiger partial charge in [-0.3, -0.25) is 0 Å². The molecule has 0 amide bonds. The lowest BCUT2D eigenvalue weighted by Crippen LogP contribution is -1.78. The van der Waals surface area contributed by atoms with E-state index in [0.717, 1.165) is 22.8 Å². The van der Waals surface area contributed by atoms with Crippen molar-refractivity contribution >= 4 is 24.1 Å². The number of benzene rings is 2. The topological polar surface area (TPSA) is 40.5 Å². The van der Waals surface area contributed by atoms with Crippen molar-refractivity contribution in [3.8, 4) is 0 Å². The van der Waals surface area contributed by atoms with Crippen LogP contribution in [0.15, 0.2) is 82.8 Å². The van der Waals surface area contributed by atoms with Crippen molar-refractivity contribution in [1.29, 1.82) is 0 Å². The predicted octanol–water partition coefficient (Wildman–Crippen LogP) is 4.52. The van der Waals surface area contributed by atoms with Gasteiger partial charge in [0.05, 0.1) is 0 Å². The van der Waals surface area contributed by atoms with Gasteiger partial charge in [0.2, 0.25) is 0 Å². The first kappa shape index (κ1) is 13.1. The van der Waals surface area contributed by atoms with E-state index >= 15 is 0 Å². The van der Waals surface area contributed by atoms with Crippen molar-refractivity contribution in [3.05, 3.63) is 83.9 Å². The lowest BCUT2D eigenvalue weighted by molar-refractivity contribution is 1.30. The Morgan fingerprint density at radius 3 is 1.43 bits per heavy atom. The van der Waals surface area contributed by atoms with Crippen LogP contribution >= 0.6 is 0 Å². The number of aliphatic imine (C=N–C) groups is 2. The third-order valence-electron chi connectivity index (χ3n) is 2.96. The molecule has 0 aliphatic carbocycles. The molecule has 1 heterocycles. The third kappa shape index (κ3) is 3.76. The normalized spacial score (nSPS) is 11.4. The minimum absolute atomic E-state index is 0.791. The summed E-state index contributed by atoms with van der Waals surface area (Å²) in [7, 11) is 0. The van der Waals surface area contributed by atoms with Crippen molar-refractivity contribution < 1.29 is 0 Å². The van der Waals surface area contributed by atoms with Gasteiger partial charge < -0.3 is 4.98 Å². The Morgan fingerprint density at radius 2 is 1.00 bits per heavy atom. The second-order valence-electron chi connectivity index (χ2n) is 4.57. The maximum Gasteiger partial charge on any atom is 0.131 e. The molecule has 0 radical (unpaired) electrons. The quantitative estimate of drug-likeness (QED) is 0.679. The second kappa shape index (κ2) is 6.48. The smallest absolute Gasteiger partial charge is 0.131 e. The molecule has 0 saturated carbocycles. The SMILES string of the molecule is C(=Nc1ccc(N=Cc2ccccc2)[nH]1)c1ccccc1. The standard InChI is InChI=1S/C18H15N3/c1-3-7-15(8-4-1)13-19-17-11-12-18(21-17)20-14-16-9-5-2-6-10-16/h1-14,21H. The highest BCUT2D eigenvalue weighted by molar-refractivity contribution is 5.82. The average Bonchev–Trinajstić information content (AvgIpc) is 3.01. The lowest BCUT2D eigenvalue weighted by atomic mass is 10.2. The monoisotopic (exact) mass is 273 g/mol. The minimum Gasteiger partial charge on any atom is -0.325 e. The van der Waals surface area contributed by atoms with Crippen LogP contribution in [0, 0.1) is 0 Å². The highest BCUT2D eigenvalue weighted by Gasteiger charge is 1.94. The van der Waals surface area contributed by atoms with Crippen molar-refractivity contribution in [2.24, 2.45) is 9.98 Å². The van der Waals surface area contributed by atoms with Crippen molar-refractivity contribution in [3.63, 3.8) is 0 Å². The number of hydrogen-bond acceptors (Lipinski definition) is 2. The summed E-state index contributed by atoms with van der Waals surface area (Å²) in [4.78, 5) is 12.0. The molecule has 1 aromatic heterocycles. The molecule has 0 unspecified atom stereocenters. The summed E-state index contributed by atoms with van der Waals surface area (Å²) in [5, 5.41) is 0. The van der Waals surface area contributed by atoms with Crippen LogP contribution in [-0.4, -0.2) is 17.4 Å². The molecule has 3 aromatic rings. The Hall–Kier alpha value is -2.94. The fourth-order valence-electron chi connectivity index (χ4n) is 1.89. The first-order valence-corrected chi connectivity index (χ1v) is 6.77. The van der Waals surface area contributed by atoms with Gasteiger partial charge in [-0.1, -0.05) is 60.7 Å². The molecule has 102 valence electrons. The van der Waals surface area contributed by atoms with Gasteiger partial charge in [-0.05, 0) is 23.3 Å². The molecule has 0 bridgehead atoms. The van der Waals surface area contributed by atoms with Gasteiger partial charge in [0, 0.05) is 12.4 Å². The summed E-state index contributed by atoms with van der Waals surface area (Å²) in [6.07, 6.45) is 3.66. The maximum absolute atomic E-state index is 4.40. The van der Waals surface area contributed by atoms with Crippen LogP contribution in [0.1, 0.15) is 11.1 Å². The van der Waals surface area contributed by atoms with Crippen LogP contribution in [0.2, 0.25) is 0 Å². The molecule has 0 saturated heterocycles. The summed E-state index contributed by atoms with van der Waals surface area (Å²) >= 11 is 0. The largest absolute Gasteiger partial charge is 0.325 e. The van der Waals surface area contributed by atoms with Gasteiger partial charge in [-0.15, -0.1) is 0 Å². The van der Waals surface area contributed by atoms with E-state index in [9.17, 15) is 0 Å². The van der Waals surface area contributed by atoms with Gasteiger partial charge in [-0.2, -0.15) is 0 Å². The van der Waals surface area contributed by atoms with E-state index in [1.165, 1.54) is 0 Å². The van der Waals surface area contributed by atoms with E-state index in [1.54, 1.807) is 0 Å². The highest BCUT2D eigenvalue weighted by atomic mass is 15.0. The first-order chi connectivity index (χ1) is 10.4. The van der Waals surface area contributed by atoms with Crippen LogP contribution in [0.5, 0.6) is 0 Å². The van der Waals surface area contributed by atoms with E-state index in [4.69, 9.17) is 0 Å². The Balaban J connectivity index is 1.69. The molecular weight excluding hydrogens is 258 g/mol. The summed E-state index contributed by atoms with van der Waals surface area (Å²) < 4.78 is 0. The average molecular weight is 273 g/mol. The molecule has 2 aromatic carbocycles. The Morgan fingerprint density at radius 1 is 0.571 bits per heavy atom. The molecule has 0 fully saturated rings. The minimum atomic E-state index is 0.791. The number of hydrogen-bond donors (Lipinski definition) is 1. The molecule has 1 N–H and O–H groups in total. The van der Waals surface area contributed by atoms with Crippen molar-refractivity contribution in [2.45, 2.75) is 0 Å². The fourth-order valence-corrected chi connectivity index (χ4v) is 1.89. The number of nitrogens with one attached hydrogen (secondary N) is 1. The first-order valence-electron chi connectivity index (χ1n) is 6.77. The summed E-state index contributed by atoms with van der Waals surface area (Å²) in [6.45, 7) is 0. The van der Waals surface area contributed by atoms with E-state index < -0.39 is 0 Å². The van der Waals surface area contributed by atoms with Crippen LogP contribution in [-0.2, 0) is 0 Å². The van der Waals surface area contributed by atoms with Gasteiger partial charge in [0.25, 0.3) is 0 Å². The van der Waals surface area contributed by atoms with E-state index in [2.05, 4.69) is 15.0 Å². The molecule has 0 spiro atoms. The molecule has 21 heavy (non-hydrogen) atoms. The van der Waals surface area contributed by atoms with E-state index in [0.29, 0.717) is 0 Å². The van der Waals surface area contributed by atoms with Crippen molar-refractivity contribution in [1.82, 2.24) is 4.98 Å². The third-order valence-corrected chi connectivity index (χ3v) is 2.96. The van der Waals surface area contributed by atoms with Crippen LogP contribution in [0.3, 0.4) is 0 Å². The van der Waals surface area contributed by atoms with Gasteiger partial charge >= 0.3 is 0 Å². The predicted molar refractivity (Wildman–Crippen MR) is 88.2 cm³/mol. The second-order valence-corrected chi connectivity index (χ2v) is 4.57. The highest BCUT2D eigenvalue weighted by Crippen LogP contribution is 2.17. The van der Waals surface area contributed by atoms with Crippen molar-refractivity contribution in [2.75, 3.05) is 0 Å². The molecule has 0 aliphatic heterocycles. The van der Waals surface area contributed by atoms with Gasteiger partial charge in [0.1, 0.15) is 11.6 Å². The molecule has 3 rings (SSSR count). The molecule has 0 aliphatic rings. The van der Waals surface area contributed by atoms with Crippen LogP contribution < -0.4 is 0 Å². The van der Waals surface area contributed by atoms with E-state index in [1.807, 2.05) is 85.2 Å². The fraction of sp³-hybridized carbons (Fsp3) is 0. The zero-order valence-corrected chi connectivity index (χ0v) is 11.5. The van der Waals surface area contributed by atoms with E-state index in [-0.39, 0.29) is 0 Å². The summed E-state index contributed by atoms with van der Waals surface area (Å²) in [5.74, 6) is 1.58. The molecule has 0 atom stereocenters. The molecular formula is C18H15N3. The molecule has 3 nitrogen and oxygen atoms in total. The maximum atomic E-state index is 4.40. The number of rotatable bonds is 4. The Bertz CT molecular complexity index is 676. The molecule has 3 heteroatoms. The van der Waals surface area contributed by atoms with Gasteiger partial charge in [-0.25, -0.2) is 9.98 Å². The Kier molecular flexibility index (Phi) is 4.03. The van der Waals surface area contributed by atoms with Crippen LogP contribution in [0.4, 0.5) is 11.6 Å². The number of aromatic nitrogens is 1. The zero-order chi connectivity index (χ0) is 14.3. The Labute approximate surface area is 123 Å². The number of nitrogens with zero attached hydrogens (tertiary/aromatic N) is 2. The number of H-pyrrole nitrogens is 1. The zero-order valence-electron chi connectivity index (χ0n) is 11.5. The van der Waals surface area contributed by atoms with Gasteiger partial charge in [0.15, 0.2) is 0 Å². The number of aromatic amines is 1. The summed E-state index contributed by atoms with van der Waals surface area (Å²) in [6, 6.07) is 23.8. The lowest BCUT2D eigenvalue weighted by Gasteiger charge is -1.91.